The van der Waals surface area contributed by atoms with E-state index in [4.69, 9.17) is 16.3 Å². The normalized spacial score (nSPS) is 11.0. The third-order valence-electron chi connectivity index (χ3n) is 4.53. The number of aromatic nitrogens is 3. The van der Waals surface area contributed by atoms with Crippen molar-refractivity contribution in [2.75, 3.05) is 12.4 Å². The molecule has 6 nitrogen and oxygen atoms in total. The molecule has 0 unspecified atom stereocenters. The van der Waals surface area contributed by atoms with Gasteiger partial charge in [-0.3, -0.25) is 4.79 Å². The van der Waals surface area contributed by atoms with Gasteiger partial charge in [-0.2, -0.15) is 0 Å². The largest absolute Gasteiger partial charge is 0.495 e. The Morgan fingerprint density at radius 1 is 1.34 bits per heavy atom. The monoisotopic (exact) mass is 426 g/mol. The molecule has 8 heteroatoms. The van der Waals surface area contributed by atoms with Gasteiger partial charge >= 0.3 is 0 Å². The minimum Gasteiger partial charge on any atom is -0.495 e. The van der Waals surface area contributed by atoms with Gasteiger partial charge in [-0.05, 0) is 37.3 Å². The van der Waals surface area contributed by atoms with E-state index in [0.717, 1.165) is 28.1 Å². The zero-order valence-electron chi connectivity index (χ0n) is 16.0. The number of fused-ring (bicyclic) bond motifs is 1. The standard InChI is InChI=1S/C21H19ClN4O2S/c1-3-26-11-16(15-5-4-8-23-20(15)26)21-24-14(12-29-21)10-19(27)25-17-9-13(22)6-7-18(17)28-2/h4-9,11-12H,3,10H2,1-2H3,(H,25,27). The predicted octanol–water partition coefficient (Wildman–Crippen LogP) is 5.02. The highest BCUT2D eigenvalue weighted by atomic mass is 35.5. The van der Waals surface area contributed by atoms with Crippen molar-refractivity contribution < 1.29 is 9.53 Å². The molecule has 1 aromatic carbocycles. The van der Waals surface area contributed by atoms with Crippen molar-refractivity contribution in [2.45, 2.75) is 19.9 Å². The Morgan fingerprint density at radius 3 is 3.00 bits per heavy atom. The number of hydrogen-bond acceptors (Lipinski definition) is 5. The molecule has 4 aromatic rings. The zero-order chi connectivity index (χ0) is 20.4. The zero-order valence-corrected chi connectivity index (χ0v) is 17.5. The number of rotatable bonds is 6. The van der Waals surface area contributed by atoms with Crippen LogP contribution in [0.4, 0.5) is 5.69 Å². The molecular formula is C21H19ClN4O2S. The first-order valence-corrected chi connectivity index (χ1v) is 10.4. The van der Waals surface area contributed by atoms with Gasteiger partial charge in [-0.1, -0.05) is 11.6 Å². The fourth-order valence-corrected chi connectivity index (χ4v) is 4.20. The van der Waals surface area contributed by atoms with E-state index in [-0.39, 0.29) is 12.3 Å². The SMILES string of the molecule is CCn1cc(-c2nc(CC(=O)Nc3cc(Cl)ccc3OC)cs2)c2cccnc21. The van der Waals surface area contributed by atoms with Gasteiger partial charge in [-0.15, -0.1) is 11.3 Å². The molecule has 0 aliphatic heterocycles. The predicted molar refractivity (Wildman–Crippen MR) is 117 cm³/mol. The first-order valence-electron chi connectivity index (χ1n) is 9.11. The molecule has 0 aliphatic carbocycles. The fraction of sp³-hybridized carbons (Fsp3) is 0.190. The number of anilines is 1. The number of nitrogens with zero attached hydrogens (tertiary/aromatic N) is 3. The Hall–Kier alpha value is -2.90. The van der Waals surface area contributed by atoms with Crippen LogP contribution in [0.15, 0.2) is 48.1 Å². The third-order valence-corrected chi connectivity index (χ3v) is 5.69. The molecule has 148 valence electrons. The quantitative estimate of drug-likeness (QED) is 0.469. The molecule has 3 aromatic heterocycles. The molecular weight excluding hydrogens is 408 g/mol. The van der Waals surface area contributed by atoms with E-state index in [2.05, 4.69) is 33.0 Å². The lowest BCUT2D eigenvalue weighted by molar-refractivity contribution is -0.115. The Kier molecular flexibility index (Phi) is 5.51. The summed E-state index contributed by atoms with van der Waals surface area (Å²) >= 11 is 7.55. The van der Waals surface area contributed by atoms with Crippen LogP contribution in [0, 0.1) is 0 Å². The summed E-state index contributed by atoms with van der Waals surface area (Å²) in [6.45, 7) is 2.91. The van der Waals surface area contributed by atoms with E-state index >= 15 is 0 Å². The van der Waals surface area contributed by atoms with E-state index in [1.54, 1.807) is 31.5 Å². The maximum absolute atomic E-state index is 12.5. The summed E-state index contributed by atoms with van der Waals surface area (Å²) in [4.78, 5) is 21.7. The second kappa shape index (κ2) is 8.23. The summed E-state index contributed by atoms with van der Waals surface area (Å²) in [6, 6.07) is 9.06. The molecule has 1 N–H and O–H groups in total. The Morgan fingerprint density at radius 2 is 2.21 bits per heavy atom. The number of carbonyl (C=O) groups is 1. The molecule has 4 rings (SSSR count). The van der Waals surface area contributed by atoms with Crippen LogP contribution in [0.1, 0.15) is 12.6 Å². The maximum Gasteiger partial charge on any atom is 0.230 e. The van der Waals surface area contributed by atoms with Gasteiger partial charge in [0, 0.05) is 40.3 Å². The second-order valence-corrected chi connectivity index (χ2v) is 7.71. The molecule has 0 aliphatic rings. The number of aryl methyl sites for hydroxylation is 1. The molecule has 0 bridgehead atoms. The van der Waals surface area contributed by atoms with E-state index in [1.807, 2.05) is 17.5 Å². The van der Waals surface area contributed by atoms with Crippen LogP contribution in [0.3, 0.4) is 0 Å². The van der Waals surface area contributed by atoms with Gasteiger partial charge in [0.2, 0.25) is 5.91 Å². The van der Waals surface area contributed by atoms with Crippen molar-refractivity contribution >= 4 is 45.6 Å². The molecule has 3 heterocycles. The molecule has 1 amide bonds. The summed E-state index contributed by atoms with van der Waals surface area (Å²) in [5, 5.41) is 7.22. The van der Waals surface area contributed by atoms with Crippen molar-refractivity contribution in [1.82, 2.24) is 14.5 Å². The van der Waals surface area contributed by atoms with E-state index in [0.29, 0.717) is 22.2 Å². The summed E-state index contributed by atoms with van der Waals surface area (Å²) in [5.74, 6) is 0.377. The smallest absolute Gasteiger partial charge is 0.230 e. The van der Waals surface area contributed by atoms with Crippen molar-refractivity contribution in [3.8, 4) is 16.3 Å². The number of thiazole rings is 1. The summed E-state index contributed by atoms with van der Waals surface area (Å²) < 4.78 is 7.37. The second-order valence-electron chi connectivity index (χ2n) is 6.42. The fourth-order valence-electron chi connectivity index (χ4n) is 3.18. The van der Waals surface area contributed by atoms with Crippen LogP contribution in [-0.2, 0) is 17.8 Å². The highest BCUT2D eigenvalue weighted by Gasteiger charge is 2.15. The maximum atomic E-state index is 12.5. The Balaban J connectivity index is 1.55. The average Bonchev–Trinajstić information content (AvgIpc) is 3.32. The van der Waals surface area contributed by atoms with Crippen LogP contribution in [-0.4, -0.2) is 27.6 Å². The lowest BCUT2D eigenvalue weighted by Gasteiger charge is -2.10. The summed E-state index contributed by atoms with van der Waals surface area (Å²) in [6.07, 6.45) is 4.02. The molecule has 0 spiro atoms. The van der Waals surface area contributed by atoms with Gasteiger partial charge in [0.05, 0.1) is 24.9 Å². The molecule has 0 atom stereocenters. The van der Waals surface area contributed by atoms with Gasteiger partial charge in [-0.25, -0.2) is 9.97 Å². The molecule has 0 saturated carbocycles. The average molecular weight is 427 g/mol. The first kappa shape index (κ1) is 19.4. The van der Waals surface area contributed by atoms with Crippen molar-refractivity contribution in [2.24, 2.45) is 0 Å². The highest BCUT2D eigenvalue weighted by Crippen LogP contribution is 2.32. The number of methoxy groups -OCH3 is 1. The van der Waals surface area contributed by atoms with Gasteiger partial charge in [0.1, 0.15) is 16.4 Å². The van der Waals surface area contributed by atoms with E-state index in [9.17, 15) is 4.79 Å². The van der Waals surface area contributed by atoms with Crippen molar-refractivity contribution in [3.05, 3.63) is 58.8 Å². The molecule has 0 saturated heterocycles. The number of amides is 1. The number of hydrogen-bond donors (Lipinski definition) is 1. The van der Waals surface area contributed by atoms with Crippen LogP contribution < -0.4 is 10.1 Å². The number of halogens is 1. The van der Waals surface area contributed by atoms with Gasteiger partial charge < -0.3 is 14.6 Å². The van der Waals surface area contributed by atoms with Crippen LogP contribution in [0.5, 0.6) is 5.75 Å². The number of carbonyl (C=O) groups excluding carboxylic acids is 1. The first-order chi connectivity index (χ1) is 14.1. The highest BCUT2D eigenvalue weighted by molar-refractivity contribution is 7.13. The van der Waals surface area contributed by atoms with Crippen molar-refractivity contribution in [3.63, 3.8) is 0 Å². The molecule has 0 radical (unpaired) electrons. The van der Waals surface area contributed by atoms with Gasteiger partial charge in [0.25, 0.3) is 0 Å². The summed E-state index contributed by atoms with van der Waals surface area (Å²) in [5.41, 5.74) is 3.22. The number of pyridine rings is 1. The van der Waals surface area contributed by atoms with Crippen LogP contribution in [0.2, 0.25) is 5.02 Å². The number of nitrogens with one attached hydrogen (secondary N) is 1. The van der Waals surface area contributed by atoms with Crippen molar-refractivity contribution in [1.29, 1.82) is 0 Å². The van der Waals surface area contributed by atoms with Crippen LogP contribution in [0.25, 0.3) is 21.6 Å². The minimum atomic E-state index is -0.180. The summed E-state index contributed by atoms with van der Waals surface area (Å²) in [7, 11) is 1.55. The molecule has 29 heavy (non-hydrogen) atoms. The number of ether oxygens (including phenoxy) is 1. The third kappa shape index (κ3) is 3.97. The lowest BCUT2D eigenvalue weighted by Crippen LogP contribution is -2.15. The minimum absolute atomic E-state index is 0.164. The van der Waals surface area contributed by atoms with E-state index in [1.165, 1.54) is 11.3 Å². The lowest BCUT2D eigenvalue weighted by atomic mass is 10.2. The Labute approximate surface area is 177 Å². The van der Waals surface area contributed by atoms with E-state index < -0.39 is 0 Å². The number of benzene rings is 1. The van der Waals surface area contributed by atoms with Gasteiger partial charge in [0.15, 0.2) is 0 Å². The topological polar surface area (TPSA) is 69.0 Å². The molecule has 0 fully saturated rings. The Bertz CT molecular complexity index is 1180. The van der Waals surface area contributed by atoms with Crippen LogP contribution >= 0.6 is 22.9 Å².